The summed E-state index contributed by atoms with van der Waals surface area (Å²) in [5.41, 5.74) is -0.169. The van der Waals surface area contributed by atoms with Crippen molar-refractivity contribution in [2.75, 3.05) is 6.61 Å². The van der Waals surface area contributed by atoms with Gasteiger partial charge in [0.2, 0.25) is 0 Å². The van der Waals surface area contributed by atoms with Crippen LogP contribution in [0, 0.1) is 11.6 Å². The number of carbonyl (C=O) groups excluding carboxylic acids is 1. The third kappa shape index (κ3) is 2.97. The Morgan fingerprint density at radius 1 is 1.56 bits per heavy atom. The molecule has 1 atom stereocenters. The molecule has 0 saturated carbocycles. The second-order valence-corrected chi connectivity index (χ2v) is 3.25. The van der Waals surface area contributed by atoms with E-state index >= 15 is 0 Å². The quantitative estimate of drug-likeness (QED) is 0.570. The molecule has 0 aliphatic heterocycles. The number of hydrogen-bond donors (Lipinski definition) is 0. The van der Waals surface area contributed by atoms with Gasteiger partial charge < -0.3 is 4.74 Å². The maximum absolute atomic E-state index is 13.2. The van der Waals surface area contributed by atoms with Gasteiger partial charge in [0.05, 0.1) is 12.2 Å². The standard InChI is InChI=1S/C12H12F2O2/c1-3-6-16-8(2)12(15)10-5-4-9(13)7-11(10)14/h3-5,7-8H,1,6H2,2H3. The molecule has 16 heavy (non-hydrogen) atoms. The van der Waals surface area contributed by atoms with Crippen LogP contribution in [0.5, 0.6) is 0 Å². The van der Waals surface area contributed by atoms with Crippen molar-refractivity contribution in [3.63, 3.8) is 0 Å². The maximum Gasteiger partial charge on any atom is 0.194 e. The fourth-order valence-electron chi connectivity index (χ4n) is 1.20. The van der Waals surface area contributed by atoms with Crippen LogP contribution in [-0.4, -0.2) is 18.5 Å². The van der Waals surface area contributed by atoms with Crippen LogP contribution in [0.25, 0.3) is 0 Å². The second kappa shape index (κ2) is 5.51. The molecule has 0 aromatic heterocycles. The van der Waals surface area contributed by atoms with Gasteiger partial charge in [-0.05, 0) is 19.1 Å². The summed E-state index contributed by atoms with van der Waals surface area (Å²) in [5.74, 6) is -2.10. The Morgan fingerprint density at radius 3 is 2.81 bits per heavy atom. The van der Waals surface area contributed by atoms with Gasteiger partial charge in [-0.25, -0.2) is 8.78 Å². The highest BCUT2D eigenvalue weighted by Crippen LogP contribution is 2.13. The number of hydrogen-bond acceptors (Lipinski definition) is 2. The Kier molecular flexibility index (Phi) is 4.31. The number of halogens is 2. The SMILES string of the molecule is C=CCOC(C)C(=O)c1ccc(F)cc1F. The first-order chi connectivity index (χ1) is 7.56. The zero-order chi connectivity index (χ0) is 12.1. The number of ether oxygens (including phenoxy) is 1. The molecule has 0 fully saturated rings. The summed E-state index contributed by atoms with van der Waals surface area (Å²) in [4.78, 5) is 11.7. The molecule has 2 nitrogen and oxygen atoms in total. The fourth-order valence-corrected chi connectivity index (χ4v) is 1.20. The monoisotopic (exact) mass is 226 g/mol. The van der Waals surface area contributed by atoms with E-state index in [1.807, 2.05) is 0 Å². The van der Waals surface area contributed by atoms with Crippen LogP contribution in [0.3, 0.4) is 0 Å². The molecule has 1 aromatic carbocycles. The van der Waals surface area contributed by atoms with Gasteiger partial charge >= 0.3 is 0 Å². The number of Topliss-reactive ketones (excluding diaryl/α,β-unsaturated/α-hetero) is 1. The van der Waals surface area contributed by atoms with E-state index in [-0.39, 0.29) is 12.2 Å². The van der Waals surface area contributed by atoms with Gasteiger partial charge in [0, 0.05) is 6.07 Å². The summed E-state index contributed by atoms with van der Waals surface area (Å²) in [6.45, 7) is 5.15. The van der Waals surface area contributed by atoms with Crippen LogP contribution < -0.4 is 0 Å². The van der Waals surface area contributed by atoms with Gasteiger partial charge in [-0.15, -0.1) is 6.58 Å². The number of benzene rings is 1. The van der Waals surface area contributed by atoms with Gasteiger partial charge in [-0.1, -0.05) is 6.08 Å². The van der Waals surface area contributed by atoms with Crippen molar-refractivity contribution in [3.8, 4) is 0 Å². The van der Waals surface area contributed by atoms with E-state index in [9.17, 15) is 13.6 Å². The predicted octanol–water partition coefficient (Wildman–Crippen LogP) is 2.74. The number of ketones is 1. The Morgan fingerprint density at radius 2 is 2.25 bits per heavy atom. The third-order valence-corrected chi connectivity index (χ3v) is 2.03. The van der Waals surface area contributed by atoms with Crippen LogP contribution in [-0.2, 0) is 4.74 Å². The minimum Gasteiger partial charge on any atom is -0.366 e. The summed E-state index contributed by atoms with van der Waals surface area (Å²) in [7, 11) is 0. The minimum atomic E-state index is -0.876. The second-order valence-electron chi connectivity index (χ2n) is 3.25. The molecule has 0 saturated heterocycles. The topological polar surface area (TPSA) is 26.3 Å². The lowest BCUT2D eigenvalue weighted by molar-refractivity contribution is 0.0562. The van der Waals surface area contributed by atoms with Crippen molar-refractivity contribution in [2.45, 2.75) is 13.0 Å². The fraction of sp³-hybridized carbons (Fsp3) is 0.250. The van der Waals surface area contributed by atoms with E-state index in [1.54, 1.807) is 0 Å². The molecule has 0 aliphatic rings. The largest absolute Gasteiger partial charge is 0.366 e. The molecule has 1 rings (SSSR count). The lowest BCUT2D eigenvalue weighted by atomic mass is 10.1. The highest BCUT2D eigenvalue weighted by atomic mass is 19.1. The van der Waals surface area contributed by atoms with Crippen molar-refractivity contribution in [1.29, 1.82) is 0 Å². The smallest absolute Gasteiger partial charge is 0.194 e. The Balaban J connectivity index is 2.83. The number of rotatable bonds is 5. The first-order valence-electron chi connectivity index (χ1n) is 4.78. The zero-order valence-corrected chi connectivity index (χ0v) is 8.87. The summed E-state index contributed by atoms with van der Waals surface area (Å²) in [6.07, 6.45) is 0.711. The van der Waals surface area contributed by atoms with Crippen LogP contribution in [0.4, 0.5) is 8.78 Å². The Hall–Kier alpha value is -1.55. The van der Waals surface area contributed by atoms with Crippen LogP contribution in [0.2, 0.25) is 0 Å². The average molecular weight is 226 g/mol. The van der Waals surface area contributed by atoms with Crippen LogP contribution in [0.15, 0.2) is 30.9 Å². The highest BCUT2D eigenvalue weighted by molar-refractivity contribution is 5.99. The van der Waals surface area contributed by atoms with Crippen molar-refractivity contribution in [1.82, 2.24) is 0 Å². The van der Waals surface area contributed by atoms with Crippen LogP contribution >= 0.6 is 0 Å². The molecular weight excluding hydrogens is 214 g/mol. The summed E-state index contributed by atoms with van der Waals surface area (Å²) in [6, 6.07) is 2.82. The van der Waals surface area contributed by atoms with Gasteiger partial charge in [0.1, 0.15) is 17.7 Å². The van der Waals surface area contributed by atoms with E-state index in [1.165, 1.54) is 13.0 Å². The average Bonchev–Trinajstić information content (AvgIpc) is 2.25. The van der Waals surface area contributed by atoms with E-state index in [0.717, 1.165) is 12.1 Å². The lowest BCUT2D eigenvalue weighted by Crippen LogP contribution is -2.22. The zero-order valence-electron chi connectivity index (χ0n) is 8.87. The molecule has 0 spiro atoms. The van der Waals surface area contributed by atoms with Gasteiger partial charge in [-0.3, -0.25) is 4.79 Å². The molecule has 0 heterocycles. The van der Waals surface area contributed by atoms with Crippen molar-refractivity contribution in [3.05, 3.63) is 48.1 Å². The van der Waals surface area contributed by atoms with Crippen molar-refractivity contribution < 1.29 is 18.3 Å². The lowest BCUT2D eigenvalue weighted by Gasteiger charge is -2.10. The maximum atomic E-state index is 13.2. The molecule has 0 aliphatic carbocycles. The first-order valence-corrected chi connectivity index (χ1v) is 4.78. The molecule has 1 unspecified atom stereocenters. The van der Waals surface area contributed by atoms with Crippen molar-refractivity contribution in [2.24, 2.45) is 0 Å². The first kappa shape index (κ1) is 12.5. The molecule has 0 amide bonds. The molecule has 1 aromatic rings. The van der Waals surface area contributed by atoms with E-state index in [4.69, 9.17) is 4.74 Å². The van der Waals surface area contributed by atoms with Gasteiger partial charge in [-0.2, -0.15) is 0 Å². The van der Waals surface area contributed by atoms with E-state index in [2.05, 4.69) is 6.58 Å². The Labute approximate surface area is 92.5 Å². The van der Waals surface area contributed by atoms with Gasteiger partial charge in [0.25, 0.3) is 0 Å². The Bertz CT molecular complexity index is 402. The third-order valence-electron chi connectivity index (χ3n) is 2.03. The summed E-state index contributed by atoms with van der Waals surface area (Å²) in [5, 5.41) is 0. The van der Waals surface area contributed by atoms with E-state index in [0.29, 0.717) is 6.07 Å². The molecule has 4 heteroatoms. The summed E-state index contributed by atoms with van der Waals surface area (Å²) < 4.78 is 30.9. The molecule has 86 valence electrons. The van der Waals surface area contributed by atoms with E-state index < -0.39 is 23.5 Å². The van der Waals surface area contributed by atoms with Crippen molar-refractivity contribution >= 4 is 5.78 Å². The summed E-state index contributed by atoms with van der Waals surface area (Å²) >= 11 is 0. The normalized spacial score (nSPS) is 12.2. The van der Waals surface area contributed by atoms with Crippen LogP contribution in [0.1, 0.15) is 17.3 Å². The molecule has 0 N–H and O–H groups in total. The molecular formula is C12H12F2O2. The highest BCUT2D eigenvalue weighted by Gasteiger charge is 2.19. The predicted molar refractivity (Wildman–Crippen MR) is 56.3 cm³/mol. The van der Waals surface area contributed by atoms with Gasteiger partial charge in [0.15, 0.2) is 5.78 Å². The minimum absolute atomic E-state index is 0.169. The number of carbonyl (C=O) groups is 1. The molecule has 0 radical (unpaired) electrons. The molecule has 0 bridgehead atoms.